The summed E-state index contributed by atoms with van der Waals surface area (Å²) < 4.78 is 0. The van der Waals surface area contributed by atoms with E-state index in [1.165, 1.54) is 12.2 Å². The van der Waals surface area contributed by atoms with E-state index >= 15 is 0 Å². The molecule has 0 rings (SSSR count). The quantitative estimate of drug-likeness (QED) is 0.481. The molecule has 1 atom stereocenters. The zero-order valence-corrected chi connectivity index (χ0v) is 10.4. The van der Waals surface area contributed by atoms with Gasteiger partial charge in [0.1, 0.15) is 0 Å². The predicted octanol–water partition coefficient (Wildman–Crippen LogP) is 1.78. The van der Waals surface area contributed by atoms with Crippen LogP contribution >= 0.6 is 11.8 Å². The van der Waals surface area contributed by atoms with Crippen molar-refractivity contribution >= 4 is 17.6 Å². The molecular weight excluding hydrogens is 194 g/mol. The second kappa shape index (κ2) is 8.12. The zero-order valence-electron chi connectivity index (χ0n) is 9.55. The molecule has 0 aromatic heterocycles. The Hall–Kier alpha value is -0.220. The van der Waals surface area contributed by atoms with Gasteiger partial charge in [0.25, 0.3) is 0 Å². The molecule has 4 heteroatoms. The molecule has 0 amide bonds. The lowest BCUT2D eigenvalue weighted by Crippen LogP contribution is -2.31. The van der Waals surface area contributed by atoms with E-state index in [4.69, 9.17) is 11.1 Å². The molecule has 0 radical (unpaired) electrons. The minimum Gasteiger partial charge on any atom is -0.388 e. The van der Waals surface area contributed by atoms with E-state index in [0.29, 0.717) is 11.9 Å². The van der Waals surface area contributed by atoms with Crippen LogP contribution in [0.15, 0.2) is 0 Å². The van der Waals surface area contributed by atoms with Crippen molar-refractivity contribution in [2.24, 2.45) is 5.73 Å². The van der Waals surface area contributed by atoms with Gasteiger partial charge in [-0.3, -0.25) is 5.41 Å². The fraction of sp³-hybridized carbons (Fsp3) is 0.900. The molecule has 84 valence electrons. The van der Waals surface area contributed by atoms with Crippen LogP contribution in [0.4, 0.5) is 0 Å². The topological polar surface area (TPSA) is 53.1 Å². The maximum absolute atomic E-state index is 7.11. The van der Waals surface area contributed by atoms with E-state index < -0.39 is 0 Å². The van der Waals surface area contributed by atoms with Crippen molar-refractivity contribution in [2.75, 3.05) is 25.6 Å². The summed E-state index contributed by atoms with van der Waals surface area (Å²) >= 11 is 1.90. The molecule has 3 N–H and O–H groups in total. The zero-order chi connectivity index (χ0) is 11.0. The molecule has 0 spiro atoms. The molecule has 0 heterocycles. The minimum absolute atomic E-state index is 0.301. The Bertz CT molecular complexity index is 161. The molecule has 0 saturated heterocycles. The predicted molar refractivity (Wildman–Crippen MR) is 66.2 cm³/mol. The van der Waals surface area contributed by atoms with E-state index in [2.05, 4.69) is 25.1 Å². The molecule has 0 aromatic carbocycles. The molecular formula is C10H23N3S. The van der Waals surface area contributed by atoms with Gasteiger partial charge in [-0.2, -0.15) is 11.8 Å². The normalized spacial score (nSPS) is 13.1. The van der Waals surface area contributed by atoms with Crippen molar-refractivity contribution in [3.63, 3.8) is 0 Å². The van der Waals surface area contributed by atoms with Crippen LogP contribution in [0.3, 0.4) is 0 Å². The van der Waals surface area contributed by atoms with E-state index in [9.17, 15) is 0 Å². The average molecular weight is 217 g/mol. The Morgan fingerprint density at radius 2 is 2.21 bits per heavy atom. The van der Waals surface area contributed by atoms with Gasteiger partial charge in [0, 0.05) is 12.5 Å². The van der Waals surface area contributed by atoms with Gasteiger partial charge >= 0.3 is 0 Å². The first-order chi connectivity index (χ1) is 6.57. The molecule has 14 heavy (non-hydrogen) atoms. The van der Waals surface area contributed by atoms with Crippen molar-refractivity contribution in [3.05, 3.63) is 0 Å². The summed E-state index contributed by atoms with van der Waals surface area (Å²) in [6.07, 6.45) is 5.09. The van der Waals surface area contributed by atoms with E-state index in [-0.39, 0.29) is 0 Å². The van der Waals surface area contributed by atoms with Gasteiger partial charge in [-0.15, -0.1) is 0 Å². The SMILES string of the molecule is CSCCC(C)N(C)CCCC(=N)N. The summed E-state index contributed by atoms with van der Waals surface area (Å²) in [5, 5.41) is 7.11. The number of nitrogens with one attached hydrogen (secondary N) is 1. The molecule has 0 aliphatic carbocycles. The number of hydrogen-bond donors (Lipinski definition) is 2. The third-order valence-electron chi connectivity index (χ3n) is 2.45. The number of nitrogens with two attached hydrogens (primary N) is 1. The monoisotopic (exact) mass is 217 g/mol. The highest BCUT2D eigenvalue weighted by atomic mass is 32.2. The lowest BCUT2D eigenvalue weighted by molar-refractivity contribution is 0.252. The van der Waals surface area contributed by atoms with Gasteiger partial charge in [-0.1, -0.05) is 0 Å². The molecule has 3 nitrogen and oxygen atoms in total. The Morgan fingerprint density at radius 3 is 2.71 bits per heavy atom. The summed E-state index contributed by atoms with van der Waals surface area (Å²) in [5.41, 5.74) is 5.30. The average Bonchev–Trinajstić information content (AvgIpc) is 2.13. The number of amidine groups is 1. The van der Waals surface area contributed by atoms with E-state index in [0.717, 1.165) is 19.4 Å². The Morgan fingerprint density at radius 1 is 1.57 bits per heavy atom. The van der Waals surface area contributed by atoms with Gasteiger partial charge < -0.3 is 10.6 Å². The van der Waals surface area contributed by atoms with Gasteiger partial charge in [-0.25, -0.2) is 0 Å². The fourth-order valence-electron chi connectivity index (χ4n) is 1.25. The van der Waals surface area contributed by atoms with Crippen LogP contribution < -0.4 is 5.73 Å². The van der Waals surface area contributed by atoms with Crippen molar-refractivity contribution in [3.8, 4) is 0 Å². The second-order valence-corrected chi connectivity index (χ2v) is 4.73. The first-order valence-corrected chi connectivity index (χ1v) is 6.49. The first-order valence-electron chi connectivity index (χ1n) is 5.10. The molecule has 0 aliphatic heterocycles. The van der Waals surface area contributed by atoms with E-state index in [1.54, 1.807) is 0 Å². The second-order valence-electron chi connectivity index (χ2n) is 3.74. The smallest absolute Gasteiger partial charge is 0.0905 e. The standard InChI is InChI=1S/C10H23N3S/c1-9(6-8-14-3)13(2)7-4-5-10(11)12/h9H,4-8H2,1-3H3,(H3,11,12). The first kappa shape index (κ1) is 13.8. The van der Waals surface area contributed by atoms with Crippen LogP contribution in [0.5, 0.6) is 0 Å². The van der Waals surface area contributed by atoms with Crippen LogP contribution in [0.2, 0.25) is 0 Å². The lowest BCUT2D eigenvalue weighted by Gasteiger charge is -2.24. The molecule has 0 aromatic rings. The third kappa shape index (κ3) is 7.21. The molecule has 0 bridgehead atoms. The number of thioether (sulfide) groups is 1. The van der Waals surface area contributed by atoms with E-state index in [1.807, 2.05) is 11.8 Å². The molecule has 1 unspecified atom stereocenters. The van der Waals surface area contributed by atoms with Crippen molar-refractivity contribution in [2.45, 2.75) is 32.2 Å². The highest BCUT2D eigenvalue weighted by molar-refractivity contribution is 7.98. The molecule has 0 fully saturated rings. The number of rotatable bonds is 8. The van der Waals surface area contributed by atoms with Gasteiger partial charge in [0.05, 0.1) is 5.84 Å². The van der Waals surface area contributed by atoms with Crippen molar-refractivity contribution < 1.29 is 0 Å². The molecule has 0 saturated carbocycles. The summed E-state index contributed by atoms with van der Waals surface area (Å²) in [7, 11) is 2.14. The molecule has 0 aliphatic rings. The summed E-state index contributed by atoms with van der Waals surface area (Å²) in [6.45, 7) is 3.29. The minimum atomic E-state index is 0.301. The van der Waals surface area contributed by atoms with Crippen molar-refractivity contribution in [1.82, 2.24) is 4.90 Å². The maximum Gasteiger partial charge on any atom is 0.0905 e. The summed E-state index contributed by atoms with van der Waals surface area (Å²) in [5.74, 6) is 1.52. The lowest BCUT2D eigenvalue weighted by atomic mass is 10.2. The summed E-state index contributed by atoms with van der Waals surface area (Å²) in [4.78, 5) is 2.35. The Balaban J connectivity index is 3.50. The van der Waals surface area contributed by atoms with Gasteiger partial charge in [0.2, 0.25) is 0 Å². The highest BCUT2D eigenvalue weighted by Gasteiger charge is 2.07. The van der Waals surface area contributed by atoms with Crippen molar-refractivity contribution in [1.29, 1.82) is 5.41 Å². The maximum atomic E-state index is 7.11. The number of nitrogens with zero attached hydrogens (tertiary/aromatic N) is 1. The Labute approximate surface area is 91.9 Å². The van der Waals surface area contributed by atoms with Crippen LogP contribution in [0.25, 0.3) is 0 Å². The third-order valence-corrected chi connectivity index (χ3v) is 3.09. The van der Waals surface area contributed by atoms with Crippen LogP contribution in [-0.4, -0.2) is 42.4 Å². The Kier molecular flexibility index (Phi) is 7.99. The van der Waals surface area contributed by atoms with Crippen LogP contribution in [0.1, 0.15) is 26.2 Å². The highest BCUT2D eigenvalue weighted by Crippen LogP contribution is 2.06. The van der Waals surface area contributed by atoms with Gasteiger partial charge in [-0.05, 0) is 45.4 Å². The fourth-order valence-corrected chi connectivity index (χ4v) is 1.82. The number of hydrogen-bond acceptors (Lipinski definition) is 3. The summed E-state index contributed by atoms with van der Waals surface area (Å²) in [6, 6.07) is 0.634. The van der Waals surface area contributed by atoms with Gasteiger partial charge in [0.15, 0.2) is 0 Å². The van der Waals surface area contributed by atoms with Crippen LogP contribution in [0, 0.1) is 5.41 Å². The largest absolute Gasteiger partial charge is 0.388 e. The van der Waals surface area contributed by atoms with Crippen LogP contribution in [-0.2, 0) is 0 Å².